The maximum Gasteiger partial charge on any atom is 0.111 e. The van der Waals surface area contributed by atoms with Crippen LogP contribution in [0.3, 0.4) is 0 Å². The van der Waals surface area contributed by atoms with E-state index >= 15 is 0 Å². The predicted molar refractivity (Wildman–Crippen MR) is 162 cm³/mol. The predicted octanol–water partition coefficient (Wildman–Crippen LogP) is 10.7. The van der Waals surface area contributed by atoms with Crippen LogP contribution in [0.5, 0.6) is 0 Å². The molecule has 212 valence electrons. The van der Waals surface area contributed by atoms with Gasteiger partial charge in [-0.2, -0.15) is 0 Å². The molecule has 0 aromatic heterocycles. The number of fused-ring (bicyclic) bond motifs is 1. The van der Waals surface area contributed by atoms with E-state index in [0.717, 1.165) is 37.7 Å². The van der Waals surface area contributed by atoms with Gasteiger partial charge in [0.1, 0.15) is 5.60 Å². The molecule has 0 radical (unpaired) electrons. The standard InChI is InChI=1S/C35H60O2/c1-8-10-12-13-14-16-25-35-31(6)30(5)33(36)27-32(35)23-26-34(7,37-35)24-18-22-29(4)21-17-20-28(3)19-15-11-9-2/h19,22,27,33,36H,8-18,20-21,23-26H2,1-7H3. The zero-order chi connectivity index (χ0) is 27.3. The van der Waals surface area contributed by atoms with Crippen LogP contribution in [-0.4, -0.2) is 22.4 Å². The summed E-state index contributed by atoms with van der Waals surface area (Å²) >= 11 is 0. The summed E-state index contributed by atoms with van der Waals surface area (Å²) in [5.74, 6) is 0. The maximum atomic E-state index is 10.7. The maximum absolute atomic E-state index is 10.7. The number of allylic oxidation sites excluding steroid dienone is 4. The van der Waals surface area contributed by atoms with Crippen LogP contribution in [0.4, 0.5) is 0 Å². The monoisotopic (exact) mass is 512 g/mol. The van der Waals surface area contributed by atoms with E-state index in [1.165, 1.54) is 93.8 Å². The average molecular weight is 513 g/mol. The van der Waals surface area contributed by atoms with Crippen molar-refractivity contribution < 1.29 is 9.84 Å². The lowest BCUT2D eigenvalue weighted by Gasteiger charge is -2.52. The Labute approximate surface area is 230 Å². The molecule has 1 aliphatic heterocycles. The molecule has 0 spiro atoms. The van der Waals surface area contributed by atoms with Crippen LogP contribution in [0.15, 0.2) is 46.1 Å². The van der Waals surface area contributed by atoms with E-state index in [2.05, 4.69) is 66.7 Å². The Kier molecular flexibility index (Phi) is 14.0. The summed E-state index contributed by atoms with van der Waals surface area (Å²) in [6, 6.07) is 0. The van der Waals surface area contributed by atoms with E-state index in [1.54, 1.807) is 5.57 Å². The van der Waals surface area contributed by atoms with Gasteiger partial charge in [-0.15, -0.1) is 0 Å². The molecule has 2 aliphatic rings. The van der Waals surface area contributed by atoms with E-state index < -0.39 is 6.10 Å². The van der Waals surface area contributed by atoms with Gasteiger partial charge in [-0.05, 0) is 122 Å². The number of hydrogen-bond acceptors (Lipinski definition) is 2. The first-order valence-corrected chi connectivity index (χ1v) is 15.8. The van der Waals surface area contributed by atoms with Crippen molar-refractivity contribution in [2.75, 3.05) is 0 Å². The second kappa shape index (κ2) is 16.1. The first-order chi connectivity index (χ1) is 17.7. The Morgan fingerprint density at radius 3 is 2.19 bits per heavy atom. The van der Waals surface area contributed by atoms with Crippen molar-refractivity contribution in [1.82, 2.24) is 0 Å². The summed E-state index contributed by atoms with van der Waals surface area (Å²) in [6.07, 6.45) is 27.2. The van der Waals surface area contributed by atoms with Gasteiger partial charge in [0.2, 0.25) is 0 Å². The average Bonchev–Trinajstić information content (AvgIpc) is 2.86. The van der Waals surface area contributed by atoms with Crippen LogP contribution in [0.1, 0.15) is 158 Å². The normalized spacial score (nSPS) is 26.9. The van der Waals surface area contributed by atoms with E-state index in [4.69, 9.17) is 4.74 Å². The van der Waals surface area contributed by atoms with Crippen molar-refractivity contribution >= 4 is 0 Å². The van der Waals surface area contributed by atoms with Gasteiger partial charge in [-0.3, -0.25) is 0 Å². The second-order valence-electron chi connectivity index (χ2n) is 12.5. The van der Waals surface area contributed by atoms with Crippen molar-refractivity contribution in [2.24, 2.45) is 0 Å². The third-order valence-electron chi connectivity index (χ3n) is 9.10. The molecule has 0 saturated carbocycles. The largest absolute Gasteiger partial charge is 0.385 e. The lowest BCUT2D eigenvalue weighted by atomic mass is 9.69. The molecule has 0 aromatic rings. The van der Waals surface area contributed by atoms with Gasteiger partial charge in [0.05, 0.1) is 11.7 Å². The summed E-state index contributed by atoms with van der Waals surface area (Å²) in [5.41, 5.74) is 6.36. The van der Waals surface area contributed by atoms with Gasteiger partial charge in [0.25, 0.3) is 0 Å². The zero-order valence-corrected chi connectivity index (χ0v) is 25.7. The second-order valence-corrected chi connectivity index (χ2v) is 12.5. The van der Waals surface area contributed by atoms with Gasteiger partial charge in [0.15, 0.2) is 0 Å². The molecule has 0 bridgehead atoms. The minimum absolute atomic E-state index is 0.112. The molecule has 1 heterocycles. The van der Waals surface area contributed by atoms with Gasteiger partial charge >= 0.3 is 0 Å². The summed E-state index contributed by atoms with van der Waals surface area (Å²) in [4.78, 5) is 0. The number of aliphatic hydroxyl groups is 1. The quantitative estimate of drug-likeness (QED) is 0.155. The van der Waals surface area contributed by atoms with Crippen molar-refractivity contribution in [3.8, 4) is 0 Å². The van der Waals surface area contributed by atoms with Crippen molar-refractivity contribution in [1.29, 1.82) is 0 Å². The molecule has 0 amide bonds. The SMILES string of the molecule is CCCCC=C(C)CCCC(C)=CCCC1(C)CCC2=CC(O)C(C)=C(C)C2(CCCCCCCC)O1. The molecule has 1 fully saturated rings. The third kappa shape index (κ3) is 9.85. The van der Waals surface area contributed by atoms with Crippen LogP contribution < -0.4 is 0 Å². The smallest absolute Gasteiger partial charge is 0.111 e. The van der Waals surface area contributed by atoms with Crippen LogP contribution in [0, 0.1) is 0 Å². The molecule has 3 unspecified atom stereocenters. The fourth-order valence-corrected chi connectivity index (χ4v) is 6.29. The molecule has 37 heavy (non-hydrogen) atoms. The van der Waals surface area contributed by atoms with Crippen molar-refractivity contribution in [3.05, 3.63) is 46.1 Å². The van der Waals surface area contributed by atoms with Crippen LogP contribution >= 0.6 is 0 Å². The third-order valence-corrected chi connectivity index (χ3v) is 9.10. The number of aliphatic hydroxyl groups excluding tert-OH is 1. The molecule has 2 heteroatoms. The fraction of sp³-hybridized carbons (Fsp3) is 0.771. The van der Waals surface area contributed by atoms with E-state index in [1.807, 2.05) is 0 Å². The lowest BCUT2D eigenvalue weighted by molar-refractivity contribution is -0.145. The van der Waals surface area contributed by atoms with E-state index in [9.17, 15) is 5.11 Å². The summed E-state index contributed by atoms with van der Waals surface area (Å²) in [6.45, 7) is 15.8. The zero-order valence-electron chi connectivity index (χ0n) is 25.7. The number of ether oxygens (including phenoxy) is 1. The Hall–Kier alpha value is -1.12. The van der Waals surface area contributed by atoms with Gasteiger partial charge < -0.3 is 9.84 Å². The molecule has 3 atom stereocenters. The highest BCUT2D eigenvalue weighted by molar-refractivity contribution is 5.44. The van der Waals surface area contributed by atoms with E-state index in [-0.39, 0.29) is 11.2 Å². The fourth-order valence-electron chi connectivity index (χ4n) is 6.29. The highest BCUT2D eigenvalue weighted by Gasteiger charge is 2.49. The topological polar surface area (TPSA) is 29.5 Å². The summed E-state index contributed by atoms with van der Waals surface area (Å²) in [7, 11) is 0. The van der Waals surface area contributed by atoms with Crippen LogP contribution in [-0.2, 0) is 4.74 Å². The first-order valence-electron chi connectivity index (χ1n) is 15.8. The highest BCUT2D eigenvalue weighted by Crippen LogP contribution is 2.51. The summed E-state index contributed by atoms with van der Waals surface area (Å²) in [5, 5.41) is 10.7. The first kappa shape index (κ1) is 32.1. The van der Waals surface area contributed by atoms with Gasteiger partial charge in [-0.25, -0.2) is 0 Å². The Bertz CT molecular complexity index is 813. The molecule has 1 saturated heterocycles. The molecule has 1 N–H and O–H groups in total. The van der Waals surface area contributed by atoms with Gasteiger partial charge in [0, 0.05) is 0 Å². The Morgan fingerprint density at radius 2 is 1.51 bits per heavy atom. The van der Waals surface area contributed by atoms with Crippen molar-refractivity contribution in [3.63, 3.8) is 0 Å². The minimum atomic E-state index is -0.448. The van der Waals surface area contributed by atoms with Crippen LogP contribution in [0.25, 0.3) is 0 Å². The minimum Gasteiger partial charge on any atom is -0.385 e. The molecule has 0 aromatic carbocycles. The molecule has 1 aliphatic carbocycles. The highest BCUT2D eigenvalue weighted by atomic mass is 16.5. The molecule has 2 rings (SSSR count). The van der Waals surface area contributed by atoms with Crippen LogP contribution in [0.2, 0.25) is 0 Å². The summed E-state index contributed by atoms with van der Waals surface area (Å²) < 4.78 is 7.19. The molecular weight excluding hydrogens is 452 g/mol. The number of hydrogen-bond donors (Lipinski definition) is 1. The Balaban J connectivity index is 1.97. The van der Waals surface area contributed by atoms with Crippen molar-refractivity contribution in [2.45, 2.75) is 175 Å². The Morgan fingerprint density at radius 1 is 0.892 bits per heavy atom. The van der Waals surface area contributed by atoms with Gasteiger partial charge in [-0.1, -0.05) is 82.1 Å². The number of unbranched alkanes of at least 4 members (excludes halogenated alkanes) is 7. The number of rotatable bonds is 17. The lowest BCUT2D eigenvalue weighted by Crippen LogP contribution is -2.51. The molecular formula is C35H60O2. The van der Waals surface area contributed by atoms with E-state index in [0.29, 0.717) is 0 Å². The molecule has 2 nitrogen and oxygen atoms in total.